The van der Waals surface area contributed by atoms with Crippen LogP contribution >= 0.6 is 0 Å². The monoisotopic (exact) mass is 529 g/mol. The van der Waals surface area contributed by atoms with Crippen molar-refractivity contribution in [3.63, 3.8) is 0 Å². The maximum absolute atomic E-state index is 12.7. The van der Waals surface area contributed by atoms with Gasteiger partial charge in [-0.3, -0.25) is 24.4 Å². The highest BCUT2D eigenvalue weighted by molar-refractivity contribution is 5.76. The Morgan fingerprint density at radius 1 is 1.16 bits per heavy atom. The second-order valence-electron chi connectivity index (χ2n) is 7.83. The number of amides is 1. The third kappa shape index (κ3) is 11.9. The number of aliphatic carboxylic acids is 1. The summed E-state index contributed by atoms with van der Waals surface area (Å²) in [5.74, 6) is -3.20. The average Bonchev–Trinajstić information content (AvgIpc) is 2.77. The van der Waals surface area contributed by atoms with E-state index in [1.165, 1.54) is 21.3 Å². The van der Waals surface area contributed by atoms with Gasteiger partial charge in [-0.1, -0.05) is 29.3 Å². The summed E-state index contributed by atoms with van der Waals surface area (Å²) in [6.45, 7) is 6.60. The fourth-order valence-corrected chi connectivity index (χ4v) is 3.00. The van der Waals surface area contributed by atoms with E-state index >= 15 is 0 Å². The minimum atomic E-state index is -5.08. The first-order chi connectivity index (χ1) is 17.2. The summed E-state index contributed by atoms with van der Waals surface area (Å²) in [6, 6.07) is 6.36. The molecule has 0 unspecified atom stereocenters. The first kappa shape index (κ1) is 30.9. The van der Waals surface area contributed by atoms with Crippen molar-refractivity contribution < 1.29 is 32.7 Å². The Hall–Kier alpha value is -4.14. The van der Waals surface area contributed by atoms with Crippen LogP contribution in [0.1, 0.15) is 22.4 Å². The number of carbonyl (C=O) groups excluding carboxylic acids is 1. The number of aromatic nitrogens is 2. The van der Waals surface area contributed by atoms with Gasteiger partial charge in [0.05, 0.1) is 6.61 Å². The Morgan fingerprint density at radius 3 is 2.30 bits per heavy atom. The minimum absolute atomic E-state index is 0.126. The Kier molecular flexibility index (Phi) is 12.0. The van der Waals surface area contributed by atoms with E-state index < -0.39 is 12.1 Å². The second kappa shape index (κ2) is 14.4. The zero-order valence-corrected chi connectivity index (χ0v) is 20.5. The van der Waals surface area contributed by atoms with Gasteiger partial charge in [-0.15, -0.1) is 0 Å². The smallest absolute Gasteiger partial charge is 0.475 e. The Bertz CT molecular complexity index is 1130. The molecule has 2 rings (SSSR count). The highest BCUT2D eigenvalue weighted by atomic mass is 19.4. The zero-order chi connectivity index (χ0) is 28.2. The molecule has 1 heterocycles. The number of carboxylic acid groups (broad SMARTS) is 1. The highest BCUT2D eigenvalue weighted by Crippen LogP contribution is 2.13. The van der Waals surface area contributed by atoms with Crippen molar-refractivity contribution in [2.75, 3.05) is 25.0 Å². The van der Waals surface area contributed by atoms with Crippen LogP contribution in [0, 0.1) is 26.2 Å². The lowest BCUT2D eigenvalue weighted by Gasteiger charge is -2.13. The standard InChI is InChI=1S/C20H29N7O3.C2HF3O2/c1-13-8-14(2)10-16(9-13)4-5-24-18-19(29)27(15(3)11-25-18)12-17(28)23-6-7-30-26-20(21)22;3-2(4,5)1(6)7/h8-11H,4-7,12H2,1-3H3,(H,23,28)(H,24,25)(H4,21,22,26);(H,6,7). The number of halogens is 3. The number of nitrogens with two attached hydrogens (primary N) is 1. The summed E-state index contributed by atoms with van der Waals surface area (Å²) >= 11 is 0. The number of guanidine groups is 1. The van der Waals surface area contributed by atoms with Gasteiger partial charge in [0.1, 0.15) is 6.54 Å². The van der Waals surface area contributed by atoms with Crippen LogP contribution in [0.3, 0.4) is 0 Å². The zero-order valence-electron chi connectivity index (χ0n) is 20.5. The Balaban J connectivity index is 0.000000856. The van der Waals surface area contributed by atoms with E-state index in [1.807, 2.05) is 0 Å². The van der Waals surface area contributed by atoms with Crippen LogP contribution in [0.15, 0.2) is 29.2 Å². The quantitative estimate of drug-likeness (QED) is 0.113. The highest BCUT2D eigenvalue weighted by Gasteiger charge is 2.38. The molecule has 0 saturated heterocycles. The molecule has 0 aliphatic heterocycles. The van der Waals surface area contributed by atoms with Gasteiger partial charge in [0, 0.05) is 25.0 Å². The van der Waals surface area contributed by atoms with Gasteiger partial charge in [0.25, 0.3) is 5.56 Å². The van der Waals surface area contributed by atoms with Gasteiger partial charge in [-0.2, -0.15) is 13.2 Å². The Morgan fingerprint density at radius 2 is 1.76 bits per heavy atom. The van der Waals surface area contributed by atoms with Crippen molar-refractivity contribution in [3.8, 4) is 0 Å². The number of nitrogens with zero attached hydrogens (tertiary/aromatic N) is 2. The van der Waals surface area contributed by atoms with E-state index in [4.69, 9.17) is 25.9 Å². The van der Waals surface area contributed by atoms with E-state index in [1.54, 1.807) is 13.1 Å². The van der Waals surface area contributed by atoms with Crippen molar-refractivity contribution in [3.05, 3.63) is 57.1 Å². The molecule has 15 heteroatoms. The molecule has 2 aromatic rings. The van der Waals surface area contributed by atoms with Crippen molar-refractivity contribution >= 4 is 23.7 Å². The van der Waals surface area contributed by atoms with Gasteiger partial charge in [-0.05, 0) is 32.8 Å². The predicted molar refractivity (Wildman–Crippen MR) is 129 cm³/mol. The van der Waals surface area contributed by atoms with Crippen LogP contribution < -0.4 is 27.4 Å². The lowest BCUT2D eigenvalue weighted by Crippen LogP contribution is -2.37. The predicted octanol–water partition coefficient (Wildman–Crippen LogP) is 0.987. The largest absolute Gasteiger partial charge is 0.490 e. The van der Waals surface area contributed by atoms with Crippen LogP contribution in [0.2, 0.25) is 0 Å². The number of hydrogen-bond acceptors (Lipinski definition) is 7. The summed E-state index contributed by atoms with van der Waals surface area (Å²) in [6.07, 6.45) is -2.76. The molecule has 37 heavy (non-hydrogen) atoms. The number of nitrogens with one attached hydrogen (secondary N) is 4. The SMILES string of the molecule is Cc1cc(C)cc(CCNc2ncc(C)n(CC(=O)NCCONC(=N)N)c2=O)c1.O=C(O)C(F)(F)F. The van der Waals surface area contributed by atoms with E-state index in [0.29, 0.717) is 12.2 Å². The maximum Gasteiger partial charge on any atom is 0.490 e. The average molecular weight is 530 g/mol. The van der Waals surface area contributed by atoms with E-state index in [2.05, 4.69) is 53.1 Å². The molecule has 0 aliphatic carbocycles. The molecule has 0 bridgehead atoms. The molecule has 12 nitrogen and oxygen atoms in total. The first-order valence-electron chi connectivity index (χ1n) is 10.9. The number of alkyl halides is 3. The number of benzene rings is 1. The second-order valence-corrected chi connectivity index (χ2v) is 7.83. The molecule has 0 atom stereocenters. The van der Waals surface area contributed by atoms with Crippen molar-refractivity contribution in [1.29, 1.82) is 5.41 Å². The minimum Gasteiger partial charge on any atom is -0.475 e. The molecule has 0 saturated carbocycles. The van der Waals surface area contributed by atoms with E-state index in [-0.39, 0.29) is 42.9 Å². The van der Waals surface area contributed by atoms with Crippen LogP contribution in [-0.4, -0.2) is 58.4 Å². The summed E-state index contributed by atoms with van der Waals surface area (Å²) in [5.41, 5.74) is 11.1. The van der Waals surface area contributed by atoms with E-state index in [9.17, 15) is 22.8 Å². The maximum atomic E-state index is 12.7. The van der Waals surface area contributed by atoms with Gasteiger partial charge >= 0.3 is 12.1 Å². The number of anilines is 1. The van der Waals surface area contributed by atoms with E-state index in [0.717, 1.165) is 6.42 Å². The van der Waals surface area contributed by atoms with Crippen molar-refractivity contribution in [1.82, 2.24) is 20.3 Å². The third-order valence-corrected chi connectivity index (χ3v) is 4.49. The molecule has 1 aromatic carbocycles. The van der Waals surface area contributed by atoms with Crippen LogP contribution in [0.25, 0.3) is 0 Å². The summed E-state index contributed by atoms with van der Waals surface area (Å²) < 4.78 is 33.1. The Labute approximate surface area is 210 Å². The number of rotatable bonds is 10. The van der Waals surface area contributed by atoms with Crippen LogP contribution in [0.5, 0.6) is 0 Å². The molecule has 1 aromatic heterocycles. The number of carbonyl (C=O) groups is 2. The first-order valence-corrected chi connectivity index (χ1v) is 10.9. The molecule has 204 valence electrons. The molecular weight excluding hydrogens is 499 g/mol. The van der Waals surface area contributed by atoms with Gasteiger partial charge in [0.2, 0.25) is 11.9 Å². The van der Waals surface area contributed by atoms with Crippen molar-refractivity contribution in [2.45, 2.75) is 39.9 Å². The normalized spacial score (nSPS) is 10.6. The topological polar surface area (TPSA) is 184 Å². The van der Waals surface area contributed by atoms with Gasteiger partial charge < -0.3 is 21.5 Å². The molecule has 7 N–H and O–H groups in total. The van der Waals surface area contributed by atoms with Gasteiger partial charge in [-0.25, -0.2) is 15.3 Å². The molecule has 1 amide bonds. The van der Waals surface area contributed by atoms with Crippen molar-refractivity contribution in [2.24, 2.45) is 5.73 Å². The summed E-state index contributed by atoms with van der Waals surface area (Å²) in [5, 5.41) is 19.8. The summed E-state index contributed by atoms with van der Waals surface area (Å²) in [7, 11) is 0. The number of hydrogen-bond donors (Lipinski definition) is 6. The molecule has 0 fully saturated rings. The fourth-order valence-electron chi connectivity index (χ4n) is 3.00. The van der Waals surface area contributed by atoms with Crippen LogP contribution in [0.4, 0.5) is 19.0 Å². The summed E-state index contributed by atoms with van der Waals surface area (Å²) in [4.78, 5) is 42.8. The number of hydroxylamine groups is 1. The number of aryl methyl sites for hydroxylation is 3. The molecular formula is C22H30F3N7O5. The lowest BCUT2D eigenvalue weighted by molar-refractivity contribution is -0.192. The third-order valence-electron chi connectivity index (χ3n) is 4.49. The molecule has 0 spiro atoms. The fraction of sp³-hybridized carbons (Fsp3) is 0.409. The van der Waals surface area contributed by atoms with Crippen LogP contribution in [-0.2, 0) is 27.4 Å². The van der Waals surface area contributed by atoms with Gasteiger partial charge in [0.15, 0.2) is 5.82 Å². The molecule has 0 aliphatic rings. The molecule has 0 radical (unpaired) electrons. The number of carboxylic acids is 1. The lowest BCUT2D eigenvalue weighted by atomic mass is 10.1.